The molecule has 0 spiro atoms. The quantitative estimate of drug-likeness (QED) is 0.712. The molecule has 0 atom stereocenters. The van der Waals surface area contributed by atoms with Crippen molar-refractivity contribution < 1.29 is 14.0 Å². The van der Waals surface area contributed by atoms with Gasteiger partial charge in [-0.05, 0) is 0 Å². The molecule has 0 aliphatic carbocycles. The van der Waals surface area contributed by atoms with E-state index in [-0.39, 0.29) is 18.1 Å². The van der Waals surface area contributed by atoms with Crippen LogP contribution in [0.3, 0.4) is 0 Å². The number of fused-ring (bicyclic) bond motifs is 1. The minimum Gasteiger partial charge on any atom is -0.364 e. The normalized spacial score (nSPS) is 13.3. The molecule has 8 nitrogen and oxygen atoms in total. The number of aromatic nitrogens is 2. The van der Waals surface area contributed by atoms with Gasteiger partial charge < -0.3 is 5.73 Å². The third-order valence-corrected chi connectivity index (χ3v) is 2.06. The van der Waals surface area contributed by atoms with E-state index in [1.165, 1.54) is 0 Å². The fourth-order valence-corrected chi connectivity index (χ4v) is 1.33. The van der Waals surface area contributed by atoms with Crippen LogP contribution in [0.4, 0.5) is 15.0 Å². The monoisotopic (exact) mass is 258 g/mol. The second-order valence-corrected chi connectivity index (χ2v) is 3.04. The van der Waals surface area contributed by atoms with Gasteiger partial charge in [0.2, 0.25) is 0 Å². The summed E-state index contributed by atoms with van der Waals surface area (Å²) in [6.07, 6.45) is 1.15. The van der Waals surface area contributed by atoms with Crippen LogP contribution in [-0.2, 0) is 0 Å². The number of nitrogens with one attached hydrogen (secondary N) is 2. The largest absolute Gasteiger partial charge is 0.364 e. The molecule has 0 fully saturated rings. The van der Waals surface area contributed by atoms with E-state index in [0.29, 0.717) is 0 Å². The van der Waals surface area contributed by atoms with Crippen LogP contribution in [0.25, 0.3) is 0 Å². The molecule has 1 aromatic heterocycles. The maximum atomic E-state index is 12.1. The maximum absolute atomic E-state index is 12.1. The summed E-state index contributed by atoms with van der Waals surface area (Å²) in [5.41, 5.74) is 9.98. The second kappa shape index (κ2) is 5.96. The Hall–Kier alpha value is -2.16. The van der Waals surface area contributed by atoms with Crippen molar-refractivity contribution in [1.29, 1.82) is 0 Å². The minimum absolute atomic E-state index is 0.0549. The zero-order chi connectivity index (χ0) is 13.7. The molecular weight excluding hydrogens is 243 g/mol. The van der Waals surface area contributed by atoms with Crippen molar-refractivity contribution in [2.75, 3.05) is 18.6 Å². The molecule has 9 heteroatoms. The van der Waals surface area contributed by atoms with Crippen molar-refractivity contribution in [1.82, 2.24) is 20.1 Å². The Balaban J connectivity index is 0.000000771. The van der Waals surface area contributed by atoms with Gasteiger partial charge in [-0.1, -0.05) is 13.8 Å². The lowest BCUT2D eigenvalue weighted by Crippen LogP contribution is -2.53. The molecule has 0 radical (unpaired) electrons. The molecule has 0 saturated heterocycles. The number of hydrogen-bond donors (Lipinski definition) is 3. The van der Waals surface area contributed by atoms with E-state index in [4.69, 9.17) is 5.73 Å². The first-order valence-corrected chi connectivity index (χ1v) is 5.41. The van der Waals surface area contributed by atoms with Crippen LogP contribution < -0.4 is 16.7 Å². The van der Waals surface area contributed by atoms with Crippen molar-refractivity contribution >= 4 is 17.8 Å². The summed E-state index contributed by atoms with van der Waals surface area (Å²) in [7, 11) is 0. The Labute approximate surface area is 103 Å². The van der Waals surface area contributed by atoms with Crippen molar-refractivity contribution in [2.45, 2.75) is 13.8 Å². The Morgan fingerprint density at radius 1 is 1.56 bits per heavy atom. The van der Waals surface area contributed by atoms with Crippen LogP contribution in [0.1, 0.15) is 24.3 Å². The molecule has 4 N–H and O–H groups in total. The molecule has 2 heterocycles. The van der Waals surface area contributed by atoms with Gasteiger partial charge in [0.1, 0.15) is 13.0 Å². The van der Waals surface area contributed by atoms with Crippen LogP contribution in [0, 0.1) is 0 Å². The fraction of sp³-hybridized carbons (Fsp3) is 0.444. The topological polar surface area (TPSA) is 105 Å². The number of carbonyl (C=O) groups excluding carboxylic acids is 2. The predicted octanol–water partition coefficient (Wildman–Crippen LogP) is 0.0929. The molecule has 18 heavy (non-hydrogen) atoms. The summed E-state index contributed by atoms with van der Waals surface area (Å²) in [5, 5.41) is 1.01. The molecule has 2 rings (SSSR count). The number of halogens is 1. The van der Waals surface area contributed by atoms with Gasteiger partial charge >= 0.3 is 6.03 Å². The lowest BCUT2D eigenvalue weighted by Gasteiger charge is -2.28. The molecule has 0 bridgehead atoms. The number of anilines is 1. The van der Waals surface area contributed by atoms with Crippen molar-refractivity contribution in [3.05, 3.63) is 12.0 Å². The number of alkyl halides is 1. The van der Waals surface area contributed by atoms with E-state index in [9.17, 15) is 14.0 Å². The second-order valence-electron chi connectivity index (χ2n) is 3.04. The Morgan fingerprint density at radius 3 is 2.78 bits per heavy atom. The fourth-order valence-electron chi connectivity index (χ4n) is 1.33. The third-order valence-electron chi connectivity index (χ3n) is 2.06. The molecule has 1 aliphatic heterocycles. The smallest absolute Gasteiger partial charge is 0.346 e. The number of hydrazine groups is 2. The maximum Gasteiger partial charge on any atom is 0.346 e. The zero-order valence-corrected chi connectivity index (χ0v) is 10.1. The molecular formula is C9H15FN6O2. The average Bonchev–Trinajstić information content (AvgIpc) is 2.80. The minimum atomic E-state index is -0.755. The number of imidazole rings is 1. The molecule has 0 unspecified atom stereocenters. The van der Waals surface area contributed by atoms with Gasteiger partial charge in [-0.3, -0.25) is 10.2 Å². The standard InChI is InChI=1S/C7H9FN6O2.C2H6/c8-1-2-14-7(16)13-3-10-4(5(9)15)6(13)11-12-14;1-2/h3,11-12H,1-2H2,(H2,9,15);1-2H3. The van der Waals surface area contributed by atoms with Crippen LogP contribution in [0.5, 0.6) is 0 Å². The summed E-state index contributed by atoms with van der Waals surface area (Å²) >= 11 is 0. The molecule has 0 saturated carbocycles. The number of amides is 2. The molecule has 100 valence electrons. The molecule has 0 aromatic carbocycles. The summed E-state index contributed by atoms with van der Waals surface area (Å²) in [5.74, 6) is -0.609. The SMILES string of the molecule is CC.NC(=O)c1ncn2c1NNN(CCF)C2=O. The van der Waals surface area contributed by atoms with Gasteiger partial charge in [0, 0.05) is 0 Å². The van der Waals surface area contributed by atoms with E-state index in [1.54, 1.807) is 0 Å². The first-order chi connectivity index (χ1) is 8.65. The summed E-state index contributed by atoms with van der Waals surface area (Å²) in [4.78, 5) is 26.3. The van der Waals surface area contributed by atoms with Gasteiger partial charge in [-0.15, -0.1) is 5.53 Å². The summed E-state index contributed by atoms with van der Waals surface area (Å²) in [6.45, 7) is 3.20. The lowest BCUT2D eigenvalue weighted by atomic mass is 10.4. The van der Waals surface area contributed by atoms with Gasteiger partial charge in [0.25, 0.3) is 5.91 Å². The highest BCUT2D eigenvalue weighted by Gasteiger charge is 2.27. The first kappa shape index (κ1) is 13.9. The van der Waals surface area contributed by atoms with Crippen LogP contribution in [0.2, 0.25) is 0 Å². The number of rotatable bonds is 3. The van der Waals surface area contributed by atoms with Crippen LogP contribution >= 0.6 is 0 Å². The van der Waals surface area contributed by atoms with E-state index >= 15 is 0 Å². The number of nitrogens with two attached hydrogens (primary N) is 1. The Bertz CT molecular complexity index is 446. The number of hydrogen-bond acceptors (Lipinski definition) is 5. The van der Waals surface area contributed by atoms with Crippen molar-refractivity contribution in [3.63, 3.8) is 0 Å². The molecule has 1 aromatic rings. The van der Waals surface area contributed by atoms with E-state index in [2.05, 4.69) is 15.9 Å². The lowest BCUT2D eigenvalue weighted by molar-refractivity contribution is 0.0996. The van der Waals surface area contributed by atoms with Crippen molar-refractivity contribution in [2.24, 2.45) is 5.73 Å². The van der Waals surface area contributed by atoms with Gasteiger partial charge in [0.15, 0.2) is 11.5 Å². The van der Waals surface area contributed by atoms with E-state index in [0.717, 1.165) is 15.9 Å². The highest BCUT2D eigenvalue weighted by molar-refractivity contribution is 5.98. The van der Waals surface area contributed by atoms with E-state index in [1.807, 2.05) is 13.8 Å². The highest BCUT2D eigenvalue weighted by atomic mass is 19.1. The summed E-state index contributed by atoms with van der Waals surface area (Å²) < 4.78 is 13.2. The van der Waals surface area contributed by atoms with E-state index < -0.39 is 18.6 Å². The highest BCUT2D eigenvalue weighted by Crippen LogP contribution is 2.16. The Kier molecular flexibility index (Phi) is 4.60. The number of carbonyl (C=O) groups is 2. The zero-order valence-electron chi connectivity index (χ0n) is 10.1. The number of primary amides is 1. The van der Waals surface area contributed by atoms with Crippen LogP contribution in [-0.4, -0.2) is 39.7 Å². The van der Waals surface area contributed by atoms with Gasteiger partial charge in [-0.25, -0.2) is 23.7 Å². The van der Waals surface area contributed by atoms with Gasteiger partial charge in [0.05, 0.1) is 6.54 Å². The first-order valence-electron chi connectivity index (χ1n) is 5.41. The average molecular weight is 258 g/mol. The molecule has 1 aliphatic rings. The Morgan fingerprint density at radius 2 is 2.22 bits per heavy atom. The van der Waals surface area contributed by atoms with Gasteiger partial charge in [-0.2, -0.15) is 0 Å². The molecule has 2 amide bonds. The summed E-state index contributed by atoms with van der Waals surface area (Å²) in [6, 6.07) is -0.536. The van der Waals surface area contributed by atoms with Crippen LogP contribution in [0.15, 0.2) is 6.33 Å². The number of nitrogens with zero attached hydrogens (tertiary/aromatic N) is 3. The van der Waals surface area contributed by atoms with Crippen molar-refractivity contribution in [3.8, 4) is 0 Å². The predicted molar refractivity (Wildman–Crippen MR) is 62.3 cm³/mol. The third kappa shape index (κ3) is 2.40.